The number of alkyl carbamates (subject to hydrolysis) is 1. The van der Waals surface area contributed by atoms with E-state index in [2.05, 4.69) is 10.5 Å². The second-order valence-electron chi connectivity index (χ2n) is 4.27. The standard InChI is InChI=1S/C14H16N2O4/c17-13-9-12(20-16-13)7-4-8-15-14(18)19-10-11-5-2-1-3-6-11/h1-3,5-6,9H,4,7-8,10H2,(H,15,18)(H,16,17). The molecule has 6 heteroatoms. The summed E-state index contributed by atoms with van der Waals surface area (Å²) in [6, 6.07) is 10.9. The maximum atomic E-state index is 11.4. The summed E-state index contributed by atoms with van der Waals surface area (Å²) in [5.74, 6) is 0.578. The van der Waals surface area contributed by atoms with Crippen LogP contribution in [-0.4, -0.2) is 17.8 Å². The Balaban J connectivity index is 1.59. The van der Waals surface area contributed by atoms with Gasteiger partial charge in [0.25, 0.3) is 5.56 Å². The number of aromatic amines is 1. The van der Waals surface area contributed by atoms with Gasteiger partial charge in [0.05, 0.1) is 0 Å². The molecule has 0 saturated heterocycles. The molecule has 0 fully saturated rings. The van der Waals surface area contributed by atoms with E-state index in [1.54, 1.807) is 0 Å². The molecule has 0 spiro atoms. The molecular formula is C14H16N2O4. The van der Waals surface area contributed by atoms with Gasteiger partial charge in [0.2, 0.25) is 0 Å². The number of carbonyl (C=O) groups is 1. The van der Waals surface area contributed by atoms with Crippen molar-refractivity contribution in [2.45, 2.75) is 19.4 Å². The molecule has 6 nitrogen and oxygen atoms in total. The first kappa shape index (κ1) is 13.9. The molecule has 0 bridgehead atoms. The molecule has 0 aliphatic carbocycles. The molecule has 1 aromatic heterocycles. The summed E-state index contributed by atoms with van der Waals surface area (Å²) in [4.78, 5) is 22.2. The van der Waals surface area contributed by atoms with Crippen LogP contribution >= 0.6 is 0 Å². The van der Waals surface area contributed by atoms with Crippen molar-refractivity contribution < 1.29 is 14.1 Å². The van der Waals surface area contributed by atoms with Crippen molar-refractivity contribution in [3.05, 3.63) is 58.1 Å². The summed E-state index contributed by atoms with van der Waals surface area (Å²) < 4.78 is 9.95. The Morgan fingerprint density at radius 1 is 1.30 bits per heavy atom. The summed E-state index contributed by atoms with van der Waals surface area (Å²) in [7, 11) is 0. The highest BCUT2D eigenvalue weighted by Crippen LogP contribution is 2.01. The number of hydrogen-bond donors (Lipinski definition) is 2. The highest BCUT2D eigenvalue weighted by Gasteiger charge is 2.03. The van der Waals surface area contributed by atoms with Crippen LogP contribution in [0.4, 0.5) is 4.79 Å². The smallest absolute Gasteiger partial charge is 0.407 e. The van der Waals surface area contributed by atoms with Crippen LogP contribution in [0.25, 0.3) is 0 Å². The minimum Gasteiger partial charge on any atom is -0.445 e. The van der Waals surface area contributed by atoms with Gasteiger partial charge in [0.1, 0.15) is 12.4 Å². The molecule has 0 unspecified atom stereocenters. The normalized spacial score (nSPS) is 10.2. The monoisotopic (exact) mass is 276 g/mol. The van der Waals surface area contributed by atoms with Gasteiger partial charge in [0.15, 0.2) is 0 Å². The van der Waals surface area contributed by atoms with Crippen molar-refractivity contribution in [2.75, 3.05) is 6.54 Å². The molecule has 2 rings (SSSR count). The Hall–Kier alpha value is -2.50. The summed E-state index contributed by atoms with van der Waals surface area (Å²) in [6.45, 7) is 0.710. The molecule has 106 valence electrons. The van der Waals surface area contributed by atoms with Gasteiger partial charge in [0, 0.05) is 19.0 Å². The Morgan fingerprint density at radius 3 is 2.80 bits per heavy atom. The molecule has 1 amide bonds. The maximum Gasteiger partial charge on any atom is 0.407 e. The molecule has 0 saturated carbocycles. The fraction of sp³-hybridized carbons (Fsp3) is 0.286. The zero-order valence-electron chi connectivity index (χ0n) is 10.9. The van der Waals surface area contributed by atoms with E-state index in [1.807, 2.05) is 30.3 Å². The van der Waals surface area contributed by atoms with E-state index in [9.17, 15) is 9.59 Å². The van der Waals surface area contributed by atoms with Crippen molar-refractivity contribution in [1.82, 2.24) is 10.5 Å². The summed E-state index contributed by atoms with van der Waals surface area (Å²) in [5, 5.41) is 4.85. The number of nitrogens with one attached hydrogen (secondary N) is 2. The average molecular weight is 276 g/mol. The zero-order chi connectivity index (χ0) is 14.2. The van der Waals surface area contributed by atoms with Crippen molar-refractivity contribution in [1.29, 1.82) is 0 Å². The second-order valence-corrected chi connectivity index (χ2v) is 4.27. The second kappa shape index (κ2) is 7.18. The first-order valence-electron chi connectivity index (χ1n) is 6.36. The molecule has 1 aromatic carbocycles. The fourth-order valence-electron chi connectivity index (χ4n) is 1.67. The number of H-pyrrole nitrogens is 1. The number of aromatic nitrogens is 1. The van der Waals surface area contributed by atoms with Gasteiger partial charge in [-0.1, -0.05) is 30.3 Å². The number of carbonyl (C=O) groups excluding carboxylic acids is 1. The maximum absolute atomic E-state index is 11.4. The SMILES string of the molecule is O=C(NCCCc1cc(=O)[nH]o1)OCc1ccccc1. The highest BCUT2D eigenvalue weighted by molar-refractivity contribution is 5.67. The average Bonchev–Trinajstić information content (AvgIpc) is 2.88. The Morgan fingerprint density at radius 2 is 2.10 bits per heavy atom. The number of amides is 1. The number of hydrogen-bond acceptors (Lipinski definition) is 4. The van der Waals surface area contributed by atoms with Gasteiger partial charge in [-0.25, -0.2) is 4.79 Å². The minimum absolute atomic E-state index is 0.249. The summed E-state index contributed by atoms with van der Waals surface area (Å²) >= 11 is 0. The van der Waals surface area contributed by atoms with Gasteiger partial charge in [-0.3, -0.25) is 4.79 Å². The van der Waals surface area contributed by atoms with Crippen LogP contribution in [0.3, 0.4) is 0 Å². The van der Waals surface area contributed by atoms with E-state index in [4.69, 9.17) is 9.26 Å². The third-order valence-electron chi connectivity index (χ3n) is 2.66. The van der Waals surface area contributed by atoms with E-state index in [-0.39, 0.29) is 12.2 Å². The van der Waals surface area contributed by atoms with Crippen LogP contribution in [0.5, 0.6) is 0 Å². The molecule has 0 aliphatic rings. The highest BCUT2D eigenvalue weighted by atomic mass is 16.5. The van der Waals surface area contributed by atoms with E-state index in [0.717, 1.165) is 5.56 Å². The number of aryl methyl sites for hydroxylation is 1. The predicted octanol–water partition coefficient (Wildman–Crippen LogP) is 1.83. The van der Waals surface area contributed by atoms with Crippen molar-refractivity contribution in [3.63, 3.8) is 0 Å². The predicted molar refractivity (Wildman–Crippen MR) is 72.3 cm³/mol. The molecule has 0 radical (unpaired) electrons. The molecule has 0 atom stereocenters. The summed E-state index contributed by atoms with van der Waals surface area (Å²) in [6.07, 6.45) is 0.795. The molecule has 2 aromatic rings. The van der Waals surface area contributed by atoms with Gasteiger partial charge >= 0.3 is 6.09 Å². The molecule has 20 heavy (non-hydrogen) atoms. The van der Waals surface area contributed by atoms with E-state index in [1.165, 1.54) is 6.07 Å². The zero-order valence-corrected chi connectivity index (χ0v) is 10.9. The fourth-order valence-corrected chi connectivity index (χ4v) is 1.67. The molecule has 1 heterocycles. The van der Waals surface area contributed by atoms with Crippen LogP contribution in [0.2, 0.25) is 0 Å². The lowest BCUT2D eigenvalue weighted by Crippen LogP contribution is -2.25. The largest absolute Gasteiger partial charge is 0.445 e. The lowest BCUT2D eigenvalue weighted by Gasteiger charge is -2.06. The van der Waals surface area contributed by atoms with Gasteiger partial charge in [-0.2, -0.15) is 5.16 Å². The van der Waals surface area contributed by atoms with Crippen molar-refractivity contribution >= 4 is 6.09 Å². The molecule has 0 aliphatic heterocycles. The Kier molecular flexibility index (Phi) is 5.00. The Bertz CT molecular complexity index is 588. The minimum atomic E-state index is -0.454. The van der Waals surface area contributed by atoms with Gasteiger partial charge in [-0.05, 0) is 12.0 Å². The number of ether oxygens (including phenoxy) is 1. The topological polar surface area (TPSA) is 84.3 Å². The van der Waals surface area contributed by atoms with Crippen LogP contribution in [0, 0.1) is 0 Å². The number of rotatable bonds is 6. The third-order valence-corrected chi connectivity index (χ3v) is 2.66. The Labute approximate surface area is 115 Å². The van der Waals surface area contributed by atoms with E-state index >= 15 is 0 Å². The van der Waals surface area contributed by atoms with E-state index < -0.39 is 6.09 Å². The van der Waals surface area contributed by atoms with Crippen molar-refractivity contribution in [2.24, 2.45) is 0 Å². The lowest BCUT2D eigenvalue weighted by molar-refractivity contribution is 0.139. The molecule has 2 N–H and O–H groups in total. The van der Waals surface area contributed by atoms with Crippen LogP contribution in [-0.2, 0) is 17.8 Å². The van der Waals surface area contributed by atoms with Crippen LogP contribution in [0.1, 0.15) is 17.7 Å². The quantitative estimate of drug-likeness (QED) is 0.788. The van der Waals surface area contributed by atoms with Crippen LogP contribution in [0.15, 0.2) is 45.7 Å². The van der Waals surface area contributed by atoms with Crippen LogP contribution < -0.4 is 10.9 Å². The number of benzene rings is 1. The van der Waals surface area contributed by atoms with E-state index in [0.29, 0.717) is 25.1 Å². The van der Waals surface area contributed by atoms with Crippen molar-refractivity contribution in [3.8, 4) is 0 Å². The first-order valence-corrected chi connectivity index (χ1v) is 6.36. The van der Waals surface area contributed by atoms with Gasteiger partial charge in [-0.15, -0.1) is 0 Å². The summed E-state index contributed by atoms with van der Waals surface area (Å²) in [5.41, 5.74) is 0.687. The first-order chi connectivity index (χ1) is 9.74. The van der Waals surface area contributed by atoms with Gasteiger partial charge < -0.3 is 14.6 Å². The molecular weight excluding hydrogens is 260 g/mol. The third kappa shape index (κ3) is 4.64. The lowest BCUT2D eigenvalue weighted by atomic mass is 10.2.